The van der Waals surface area contributed by atoms with E-state index in [1.54, 1.807) is 0 Å². The van der Waals surface area contributed by atoms with Gasteiger partial charge in [-0.05, 0) is 0 Å². The summed E-state index contributed by atoms with van der Waals surface area (Å²) in [5.74, 6) is 0. The van der Waals surface area contributed by atoms with Crippen molar-refractivity contribution in [2.24, 2.45) is 0 Å². The van der Waals surface area contributed by atoms with Gasteiger partial charge in [-0.1, -0.05) is 0 Å². The number of fused-ring (bicyclic) bond motifs is 3. The zero-order valence-corrected chi connectivity index (χ0v) is 12.7. The van der Waals surface area contributed by atoms with Gasteiger partial charge in [0.15, 0.2) is 0 Å². The number of hydrogen-bond donors (Lipinski definition) is 0. The van der Waals surface area contributed by atoms with Gasteiger partial charge in [-0.2, -0.15) is 0 Å². The van der Waals surface area contributed by atoms with E-state index in [0.29, 0.717) is 0 Å². The molecule has 0 saturated carbocycles. The number of aromatic nitrogens is 2. The Balaban J connectivity index is 2.17. The number of hydrogen-bond acceptors (Lipinski definition) is 2. The van der Waals surface area contributed by atoms with Crippen LogP contribution in [0, 0.1) is 6.92 Å². The maximum atomic E-state index is 4.55. The Labute approximate surface area is 122 Å². The van der Waals surface area contributed by atoms with Crippen LogP contribution in [0.5, 0.6) is 0 Å². The van der Waals surface area contributed by atoms with Crippen molar-refractivity contribution >= 4 is 33.9 Å². The summed E-state index contributed by atoms with van der Waals surface area (Å²) in [6.07, 6.45) is 3.75. The number of rotatable bonds is 1. The van der Waals surface area contributed by atoms with Crippen molar-refractivity contribution in [3.05, 3.63) is 60.4 Å². The molecule has 1 aromatic carbocycles. The first-order valence-corrected chi connectivity index (χ1v) is 8.24. The molecule has 96 valence electrons. The molecule has 0 atom stereocenters. The van der Waals surface area contributed by atoms with E-state index in [-0.39, 0.29) is 14.5 Å². The Bertz CT molecular complexity index is 910. The fourth-order valence-electron chi connectivity index (χ4n) is 2.60. The Morgan fingerprint density at radius 3 is 2.60 bits per heavy atom. The average molecular weight is 323 g/mol. The van der Waals surface area contributed by atoms with E-state index in [4.69, 9.17) is 0 Å². The number of pyridine rings is 2. The van der Waals surface area contributed by atoms with E-state index in [1.165, 1.54) is 30.6 Å². The fraction of sp³-hybridized carbons (Fsp3) is 0.0588. The average Bonchev–Trinajstić information content (AvgIpc) is 2.86. The molecule has 3 heteroatoms. The van der Waals surface area contributed by atoms with Crippen molar-refractivity contribution < 1.29 is 0 Å². The van der Waals surface area contributed by atoms with Crippen molar-refractivity contribution in [2.75, 3.05) is 0 Å². The van der Waals surface area contributed by atoms with Crippen molar-refractivity contribution in [1.29, 1.82) is 0 Å². The molecule has 3 heterocycles. The van der Waals surface area contributed by atoms with E-state index in [2.05, 4.69) is 47.2 Å². The Morgan fingerprint density at radius 1 is 0.850 bits per heavy atom. The van der Waals surface area contributed by atoms with Crippen LogP contribution in [0.4, 0.5) is 0 Å². The van der Waals surface area contributed by atoms with E-state index >= 15 is 0 Å². The molecule has 0 aliphatic heterocycles. The topological polar surface area (TPSA) is 25.8 Å². The second-order valence-electron chi connectivity index (χ2n) is 4.81. The third kappa shape index (κ3) is 1.71. The van der Waals surface area contributed by atoms with E-state index in [0.717, 1.165) is 5.69 Å². The fourth-order valence-corrected chi connectivity index (χ4v) is 5.23. The summed E-state index contributed by atoms with van der Waals surface area (Å²) >= 11 is 0.269. The second-order valence-corrected chi connectivity index (χ2v) is 6.90. The minimum atomic E-state index is 0.269. The molecule has 2 nitrogen and oxygen atoms in total. The van der Waals surface area contributed by atoms with Crippen LogP contribution < -0.4 is 0 Å². The van der Waals surface area contributed by atoms with Gasteiger partial charge in [0, 0.05) is 0 Å². The van der Waals surface area contributed by atoms with E-state index in [1.807, 2.05) is 24.5 Å². The molecule has 3 aromatic heterocycles. The second kappa shape index (κ2) is 4.55. The van der Waals surface area contributed by atoms with Crippen LogP contribution in [0.15, 0.2) is 54.9 Å². The zero-order valence-electron chi connectivity index (χ0n) is 11.0. The normalized spacial score (nSPS) is 11.2. The molecule has 0 spiro atoms. The van der Waals surface area contributed by atoms with Crippen molar-refractivity contribution in [2.45, 2.75) is 6.92 Å². The number of aryl methyl sites for hydroxylation is 1. The number of benzene rings is 1. The van der Waals surface area contributed by atoms with Crippen LogP contribution in [-0.4, -0.2) is 24.5 Å². The SMILES string of the molecule is Cc1ccc2c([se]c3ncccc32)c1-c1ccccn1. The van der Waals surface area contributed by atoms with Gasteiger partial charge in [-0.3, -0.25) is 0 Å². The Hall–Kier alpha value is -1.96. The summed E-state index contributed by atoms with van der Waals surface area (Å²) in [5.41, 5.74) is 3.65. The van der Waals surface area contributed by atoms with Gasteiger partial charge < -0.3 is 0 Å². The summed E-state index contributed by atoms with van der Waals surface area (Å²) in [4.78, 5) is 9.09. The van der Waals surface area contributed by atoms with Crippen LogP contribution in [0.3, 0.4) is 0 Å². The predicted octanol–water partition coefficient (Wildman–Crippen LogP) is 3.82. The van der Waals surface area contributed by atoms with Crippen LogP contribution in [-0.2, 0) is 0 Å². The quantitative estimate of drug-likeness (QED) is 0.498. The van der Waals surface area contributed by atoms with Gasteiger partial charge in [0.05, 0.1) is 0 Å². The Kier molecular flexibility index (Phi) is 2.69. The van der Waals surface area contributed by atoms with Crippen molar-refractivity contribution in [3.8, 4) is 11.3 Å². The maximum absolute atomic E-state index is 4.55. The third-order valence-corrected chi connectivity index (χ3v) is 5.95. The van der Waals surface area contributed by atoms with Gasteiger partial charge in [-0.25, -0.2) is 0 Å². The summed E-state index contributed by atoms with van der Waals surface area (Å²) in [5, 5.41) is 2.62. The molecule has 0 radical (unpaired) electrons. The van der Waals surface area contributed by atoms with Gasteiger partial charge >= 0.3 is 122 Å². The van der Waals surface area contributed by atoms with Crippen LogP contribution in [0.25, 0.3) is 30.7 Å². The first-order valence-electron chi connectivity index (χ1n) is 6.53. The molecule has 0 aliphatic carbocycles. The molecule has 4 rings (SSSR count). The molecule has 0 aliphatic rings. The summed E-state index contributed by atoms with van der Waals surface area (Å²) < 4.78 is 2.66. The summed E-state index contributed by atoms with van der Waals surface area (Å²) in [7, 11) is 0. The molecule has 4 aromatic rings. The summed E-state index contributed by atoms with van der Waals surface area (Å²) in [6.45, 7) is 2.16. The van der Waals surface area contributed by atoms with E-state index < -0.39 is 0 Å². The first kappa shape index (κ1) is 11.8. The predicted molar refractivity (Wildman–Crippen MR) is 84.2 cm³/mol. The molecule has 0 bridgehead atoms. The zero-order chi connectivity index (χ0) is 13.5. The van der Waals surface area contributed by atoms with Crippen molar-refractivity contribution in [3.63, 3.8) is 0 Å². The number of nitrogens with zero attached hydrogens (tertiary/aromatic N) is 2. The van der Waals surface area contributed by atoms with Gasteiger partial charge in [0.1, 0.15) is 0 Å². The molecular formula is C17H12N2Se. The van der Waals surface area contributed by atoms with Crippen molar-refractivity contribution in [1.82, 2.24) is 9.97 Å². The molecule has 0 fully saturated rings. The van der Waals surface area contributed by atoms with Gasteiger partial charge in [0.25, 0.3) is 0 Å². The monoisotopic (exact) mass is 324 g/mol. The summed E-state index contributed by atoms with van der Waals surface area (Å²) in [6, 6.07) is 14.7. The molecule has 0 saturated heterocycles. The third-order valence-electron chi connectivity index (χ3n) is 3.55. The molecule has 20 heavy (non-hydrogen) atoms. The molecule has 0 amide bonds. The van der Waals surface area contributed by atoms with Crippen LogP contribution >= 0.6 is 0 Å². The molecule has 0 unspecified atom stereocenters. The standard InChI is InChI=1S/C17H12N2Se/c1-11-7-8-12-13-5-4-10-19-17(13)20-16(12)15(11)14-6-2-3-9-18-14/h2-10H,1H3. The van der Waals surface area contributed by atoms with Crippen LogP contribution in [0.2, 0.25) is 0 Å². The van der Waals surface area contributed by atoms with Gasteiger partial charge in [-0.15, -0.1) is 0 Å². The van der Waals surface area contributed by atoms with E-state index in [9.17, 15) is 0 Å². The Morgan fingerprint density at radius 2 is 1.75 bits per heavy atom. The minimum absolute atomic E-state index is 0.269. The van der Waals surface area contributed by atoms with Crippen LogP contribution in [0.1, 0.15) is 5.56 Å². The first-order chi connectivity index (χ1) is 9.84. The molecule has 0 N–H and O–H groups in total. The molecular weight excluding hydrogens is 311 g/mol. The van der Waals surface area contributed by atoms with Gasteiger partial charge in [0.2, 0.25) is 0 Å².